The number of alkyl halides is 2. The molecule has 0 amide bonds. The zero-order valence-corrected chi connectivity index (χ0v) is 17.2. The predicted octanol–water partition coefficient (Wildman–Crippen LogP) is 5.05. The molecule has 1 unspecified atom stereocenters. The van der Waals surface area contributed by atoms with Crippen molar-refractivity contribution in [1.82, 2.24) is 0 Å². The van der Waals surface area contributed by atoms with E-state index in [0.717, 1.165) is 5.56 Å². The van der Waals surface area contributed by atoms with Crippen molar-refractivity contribution in [3.05, 3.63) is 29.3 Å². The first-order chi connectivity index (χ1) is 11.3. The molecule has 0 saturated carbocycles. The molecule has 1 aromatic carbocycles. The van der Waals surface area contributed by atoms with Crippen molar-refractivity contribution in [1.29, 1.82) is 0 Å². The largest absolute Gasteiger partial charge is 0.417 e. The van der Waals surface area contributed by atoms with Gasteiger partial charge >= 0.3 is 0 Å². The highest BCUT2D eigenvalue weighted by atomic mass is 28.4. The standard InChI is InChI=1S/C19H31F2NO2Si/c1-14-7-8-16-15(13-14)18(23,19(20,21)9-11-22-16)10-12-24-25(5,6)17(2,3)4/h7-8,13,22-23H,9-12H2,1-6H3. The maximum atomic E-state index is 14.8. The second-order valence-electron chi connectivity index (χ2n) is 8.65. The van der Waals surface area contributed by atoms with E-state index in [2.05, 4.69) is 39.2 Å². The van der Waals surface area contributed by atoms with E-state index in [9.17, 15) is 13.9 Å². The van der Waals surface area contributed by atoms with Crippen LogP contribution in [0.2, 0.25) is 18.1 Å². The third-order valence-electron chi connectivity index (χ3n) is 5.71. The molecule has 1 atom stereocenters. The third-order valence-corrected chi connectivity index (χ3v) is 10.3. The number of nitrogens with one attached hydrogen (secondary N) is 1. The van der Waals surface area contributed by atoms with Gasteiger partial charge in [0.15, 0.2) is 13.9 Å². The molecule has 3 nitrogen and oxygen atoms in total. The summed E-state index contributed by atoms with van der Waals surface area (Å²) < 4.78 is 35.8. The van der Waals surface area contributed by atoms with Crippen LogP contribution in [-0.4, -0.2) is 32.5 Å². The van der Waals surface area contributed by atoms with Gasteiger partial charge in [-0.05, 0) is 31.1 Å². The summed E-state index contributed by atoms with van der Waals surface area (Å²) in [4.78, 5) is 0. The minimum Gasteiger partial charge on any atom is -0.417 e. The first-order valence-corrected chi connectivity index (χ1v) is 11.8. The Morgan fingerprint density at radius 3 is 2.52 bits per heavy atom. The second-order valence-corrected chi connectivity index (χ2v) is 13.5. The van der Waals surface area contributed by atoms with Crippen molar-refractivity contribution >= 4 is 14.0 Å². The maximum absolute atomic E-state index is 14.8. The van der Waals surface area contributed by atoms with E-state index >= 15 is 0 Å². The van der Waals surface area contributed by atoms with Crippen LogP contribution in [0.25, 0.3) is 0 Å². The van der Waals surface area contributed by atoms with Crippen LogP contribution in [0.1, 0.15) is 44.7 Å². The molecule has 1 heterocycles. The van der Waals surface area contributed by atoms with Gasteiger partial charge in [0.05, 0.1) is 0 Å². The van der Waals surface area contributed by atoms with Crippen LogP contribution >= 0.6 is 0 Å². The zero-order valence-electron chi connectivity index (χ0n) is 16.2. The van der Waals surface area contributed by atoms with E-state index in [1.165, 1.54) is 0 Å². The number of anilines is 1. The van der Waals surface area contributed by atoms with E-state index < -0.39 is 26.3 Å². The molecule has 6 heteroatoms. The first-order valence-electron chi connectivity index (χ1n) is 8.89. The number of hydrogen-bond acceptors (Lipinski definition) is 3. The van der Waals surface area contributed by atoms with Crippen molar-refractivity contribution in [3.63, 3.8) is 0 Å². The number of rotatable bonds is 4. The molecule has 0 aliphatic carbocycles. The minimum atomic E-state index is -3.21. The lowest BCUT2D eigenvalue weighted by Crippen LogP contribution is -2.48. The topological polar surface area (TPSA) is 41.5 Å². The van der Waals surface area contributed by atoms with Crippen LogP contribution in [0.4, 0.5) is 14.5 Å². The van der Waals surface area contributed by atoms with Crippen molar-refractivity contribution in [3.8, 4) is 0 Å². The number of halogens is 2. The SMILES string of the molecule is Cc1ccc2c(c1)C(O)(CCO[Si](C)(C)C(C)(C)C)C(F)(F)CCN2. The molecule has 1 aliphatic rings. The molecule has 0 fully saturated rings. The van der Waals surface area contributed by atoms with Gasteiger partial charge in [0.1, 0.15) is 0 Å². The lowest BCUT2D eigenvalue weighted by atomic mass is 9.82. The van der Waals surface area contributed by atoms with Gasteiger partial charge in [-0.1, -0.05) is 38.5 Å². The summed E-state index contributed by atoms with van der Waals surface area (Å²) in [5, 5.41) is 14.1. The number of hydrogen-bond donors (Lipinski definition) is 2. The van der Waals surface area contributed by atoms with Crippen LogP contribution in [0, 0.1) is 6.92 Å². The van der Waals surface area contributed by atoms with Gasteiger partial charge in [-0.3, -0.25) is 0 Å². The van der Waals surface area contributed by atoms with Crippen LogP contribution in [-0.2, 0) is 10.0 Å². The Morgan fingerprint density at radius 1 is 1.28 bits per heavy atom. The highest BCUT2D eigenvalue weighted by Crippen LogP contribution is 2.48. The molecule has 0 aromatic heterocycles. The van der Waals surface area contributed by atoms with Crippen molar-refractivity contribution in [2.45, 2.75) is 70.2 Å². The van der Waals surface area contributed by atoms with Gasteiger partial charge < -0.3 is 14.8 Å². The zero-order chi connectivity index (χ0) is 19.1. The molecule has 0 saturated heterocycles. The fourth-order valence-corrected chi connectivity index (χ4v) is 3.95. The number of benzene rings is 1. The van der Waals surface area contributed by atoms with Gasteiger partial charge in [0.2, 0.25) is 0 Å². The van der Waals surface area contributed by atoms with E-state index in [1.54, 1.807) is 12.1 Å². The summed E-state index contributed by atoms with van der Waals surface area (Å²) in [5.41, 5.74) is -0.520. The maximum Gasteiger partial charge on any atom is 0.282 e. The van der Waals surface area contributed by atoms with Crippen LogP contribution in [0.15, 0.2) is 18.2 Å². The van der Waals surface area contributed by atoms with E-state index in [-0.39, 0.29) is 30.2 Å². The smallest absolute Gasteiger partial charge is 0.282 e. The Bertz CT molecular complexity index is 628. The van der Waals surface area contributed by atoms with Gasteiger partial charge in [0, 0.05) is 37.2 Å². The Balaban J connectivity index is 2.31. The normalized spacial score (nSPS) is 23.6. The Labute approximate surface area is 150 Å². The average molecular weight is 372 g/mol. The summed E-state index contributed by atoms with van der Waals surface area (Å²) >= 11 is 0. The molecule has 2 N–H and O–H groups in total. The Morgan fingerprint density at radius 2 is 1.92 bits per heavy atom. The van der Waals surface area contributed by atoms with Gasteiger partial charge in [-0.2, -0.15) is 0 Å². The summed E-state index contributed by atoms with van der Waals surface area (Å²) in [7, 11) is -2.06. The minimum absolute atomic E-state index is 0.00234. The number of aliphatic hydroxyl groups is 1. The second kappa shape index (κ2) is 6.63. The van der Waals surface area contributed by atoms with Crippen molar-refractivity contribution in [2.24, 2.45) is 0 Å². The fraction of sp³-hybridized carbons (Fsp3) is 0.684. The summed E-state index contributed by atoms with van der Waals surface area (Å²) in [6.07, 6.45) is -0.526. The monoisotopic (exact) mass is 371 g/mol. The molecule has 0 spiro atoms. The lowest BCUT2D eigenvalue weighted by molar-refractivity contribution is -0.194. The van der Waals surface area contributed by atoms with Crippen molar-refractivity contribution < 1.29 is 18.3 Å². The Hall–Kier alpha value is -0.983. The van der Waals surface area contributed by atoms with Crippen molar-refractivity contribution in [2.75, 3.05) is 18.5 Å². The van der Waals surface area contributed by atoms with E-state index in [1.807, 2.05) is 13.0 Å². The molecule has 0 radical (unpaired) electrons. The molecule has 25 heavy (non-hydrogen) atoms. The summed E-state index contributed by atoms with van der Waals surface area (Å²) in [6.45, 7) is 12.6. The van der Waals surface area contributed by atoms with Gasteiger partial charge in [0.25, 0.3) is 5.92 Å². The molecule has 0 bridgehead atoms. The number of aryl methyl sites for hydroxylation is 1. The van der Waals surface area contributed by atoms with E-state index in [0.29, 0.717) is 5.69 Å². The van der Waals surface area contributed by atoms with E-state index in [4.69, 9.17) is 4.43 Å². The number of fused-ring (bicyclic) bond motifs is 1. The average Bonchev–Trinajstić information content (AvgIpc) is 2.54. The molecular weight excluding hydrogens is 340 g/mol. The quantitative estimate of drug-likeness (QED) is 0.728. The van der Waals surface area contributed by atoms with Crippen LogP contribution in [0.5, 0.6) is 0 Å². The fourth-order valence-electron chi connectivity index (χ4n) is 2.90. The highest BCUT2D eigenvalue weighted by molar-refractivity contribution is 6.74. The highest BCUT2D eigenvalue weighted by Gasteiger charge is 2.55. The summed E-state index contributed by atoms with van der Waals surface area (Å²) in [5.74, 6) is -3.21. The molecule has 142 valence electrons. The third kappa shape index (κ3) is 3.91. The Kier molecular flexibility index (Phi) is 5.39. The molecular formula is C19H31F2NO2Si. The molecule has 1 aromatic rings. The summed E-state index contributed by atoms with van der Waals surface area (Å²) in [6, 6.07) is 5.29. The van der Waals surface area contributed by atoms with Gasteiger partial charge in [-0.15, -0.1) is 0 Å². The predicted molar refractivity (Wildman–Crippen MR) is 101 cm³/mol. The molecule has 2 rings (SSSR count). The first kappa shape index (κ1) is 20.3. The lowest BCUT2D eigenvalue weighted by Gasteiger charge is -2.39. The van der Waals surface area contributed by atoms with Gasteiger partial charge in [-0.25, -0.2) is 8.78 Å². The van der Waals surface area contributed by atoms with Crippen LogP contribution in [0.3, 0.4) is 0 Å². The molecule has 1 aliphatic heterocycles. The van der Waals surface area contributed by atoms with Crippen LogP contribution < -0.4 is 5.32 Å².